The van der Waals surface area contributed by atoms with Crippen LogP contribution in [0.4, 0.5) is 0 Å². The summed E-state index contributed by atoms with van der Waals surface area (Å²) in [5.41, 5.74) is 3.07. The molecule has 0 heterocycles. The van der Waals surface area contributed by atoms with Crippen LogP contribution < -0.4 is 14.8 Å². The lowest BCUT2D eigenvalue weighted by Gasteiger charge is -2.18. The summed E-state index contributed by atoms with van der Waals surface area (Å²) in [6, 6.07) is 14.6. The molecule has 3 rings (SSSR count). The van der Waals surface area contributed by atoms with E-state index in [0.717, 1.165) is 16.7 Å². The van der Waals surface area contributed by atoms with Gasteiger partial charge in [-0.2, -0.15) is 0 Å². The van der Waals surface area contributed by atoms with E-state index in [4.69, 9.17) is 37.4 Å². The predicted octanol–water partition coefficient (Wildman–Crippen LogP) is 4.68. The topological polar surface area (TPSA) is 94.1 Å². The third-order valence-corrected chi connectivity index (χ3v) is 6.04. The van der Waals surface area contributed by atoms with Crippen molar-refractivity contribution in [3.05, 3.63) is 81.3 Å². The molecule has 0 saturated heterocycles. The Labute approximate surface area is 213 Å². The Morgan fingerprint density at radius 1 is 0.914 bits per heavy atom. The van der Waals surface area contributed by atoms with Crippen LogP contribution in [0, 0.1) is 0 Å². The summed E-state index contributed by atoms with van der Waals surface area (Å²) in [7, 11) is 4.34. The zero-order valence-electron chi connectivity index (χ0n) is 19.4. The van der Waals surface area contributed by atoms with Crippen LogP contribution in [0.1, 0.15) is 21.5 Å². The lowest BCUT2D eigenvalue weighted by Crippen LogP contribution is -2.43. The number of benzene rings is 3. The van der Waals surface area contributed by atoms with Crippen molar-refractivity contribution in [2.24, 2.45) is 0 Å². The van der Waals surface area contributed by atoms with Gasteiger partial charge in [-0.3, -0.25) is 4.79 Å². The molecule has 3 aromatic carbocycles. The minimum atomic E-state index is -0.960. The van der Waals surface area contributed by atoms with Crippen molar-refractivity contribution >= 4 is 35.1 Å². The first-order valence-corrected chi connectivity index (χ1v) is 11.4. The summed E-state index contributed by atoms with van der Waals surface area (Å²) in [5, 5.41) is 12.5. The fraction of sp³-hybridized carbons (Fsp3) is 0.231. The number of rotatable bonds is 9. The maximum absolute atomic E-state index is 12.8. The third-order valence-electron chi connectivity index (χ3n) is 5.41. The van der Waals surface area contributed by atoms with Crippen LogP contribution >= 0.6 is 23.2 Å². The molecule has 0 fully saturated rings. The minimum absolute atomic E-state index is 0.0885. The fourth-order valence-electron chi connectivity index (χ4n) is 3.67. The lowest BCUT2D eigenvalue weighted by molar-refractivity contribution is -0.142. The summed E-state index contributed by atoms with van der Waals surface area (Å²) in [4.78, 5) is 25.2. The van der Waals surface area contributed by atoms with E-state index in [1.54, 1.807) is 44.6 Å². The maximum atomic E-state index is 12.8. The Kier molecular flexibility index (Phi) is 8.98. The average Bonchev–Trinajstić information content (AvgIpc) is 2.87. The van der Waals surface area contributed by atoms with Crippen LogP contribution in [0.25, 0.3) is 11.1 Å². The highest BCUT2D eigenvalue weighted by atomic mass is 35.5. The molecular formula is C26H25Cl2NO6. The van der Waals surface area contributed by atoms with E-state index >= 15 is 0 Å². The fourth-order valence-corrected chi connectivity index (χ4v) is 4.23. The average molecular weight is 518 g/mol. The van der Waals surface area contributed by atoms with Crippen LogP contribution in [0.5, 0.6) is 11.5 Å². The second kappa shape index (κ2) is 11.9. The SMILES string of the molecule is COC(=O)[C@H](Cc1ccc(-c2c(OC)cc(CO)cc2OC)cc1)NC(=O)c1c(Cl)cccc1Cl. The van der Waals surface area contributed by atoms with Crippen LogP contribution in [0.2, 0.25) is 10.0 Å². The van der Waals surface area contributed by atoms with Gasteiger partial charge in [0, 0.05) is 6.42 Å². The molecule has 184 valence electrons. The molecule has 0 aliphatic carbocycles. The highest BCUT2D eigenvalue weighted by Crippen LogP contribution is 2.39. The molecule has 7 nitrogen and oxygen atoms in total. The van der Waals surface area contributed by atoms with Crippen molar-refractivity contribution in [1.82, 2.24) is 5.32 Å². The van der Waals surface area contributed by atoms with Crippen LogP contribution in [0.15, 0.2) is 54.6 Å². The monoisotopic (exact) mass is 517 g/mol. The molecule has 0 bridgehead atoms. The highest BCUT2D eigenvalue weighted by molar-refractivity contribution is 6.39. The molecule has 35 heavy (non-hydrogen) atoms. The van der Waals surface area contributed by atoms with E-state index in [2.05, 4.69) is 5.32 Å². The van der Waals surface area contributed by atoms with Gasteiger partial charge in [0.25, 0.3) is 5.91 Å². The summed E-state index contributed by atoms with van der Waals surface area (Å²) in [5.74, 6) is -0.0745. The molecule has 0 spiro atoms. The first kappa shape index (κ1) is 26.3. The largest absolute Gasteiger partial charge is 0.496 e. The number of hydrogen-bond acceptors (Lipinski definition) is 6. The quantitative estimate of drug-likeness (QED) is 0.400. The van der Waals surface area contributed by atoms with Crippen LogP contribution in [0.3, 0.4) is 0 Å². The van der Waals surface area contributed by atoms with Gasteiger partial charge in [0.1, 0.15) is 17.5 Å². The second-order valence-electron chi connectivity index (χ2n) is 7.58. The molecule has 2 N–H and O–H groups in total. The van der Waals surface area contributed by atoms with Crippen molar-refractivity contribution in [1.29, 1.82) is 0 Å². The number of hydrogen-bond donors (Lipinski definition) is 2. The molecule has 9 heteroatoms. The number of aliphatic hydroxyl groups excluding tert-OH is 1. The van der Waals surface area contributed by atoms with Crippen molar-refractivity contribution in [2.75, 3.05) is 21.3 Å². The van der Waals surface area contributed by atoms with E-state index in [1.165, 1.54) is 7.11 Å². The molecule has 0 unspecified atom stereocenters. The Hall–Kier alpha value is -3.26. The molecule has 0 radical (unpaired) electrons. The summed E-state index contributed by atoms with van der Waals surface area (Å²) in [6.07, 6.45) is 0.179. The zero-order chi connectivity index (χ0) is 25.5. The van der Waals surface area contributed by atoms with Crippen molar-refractivity contribution in [2.45, 2.75) is 19.1 Å². The molecule has 0 aliphatic rings. The molecule has 0 aromatic heterocycles. The van der Waals surface area contributed by atoms with Crippen LogP contribution in [-0.2, 0) is 22.6 Å². The van der Waals surface area contributed by atoms with E-state index in [-0.39, 0.29) is 28.6 Å². The standard InChI is InChI=1S/C26H25Cl2NO6/c1-33-21-12-16(14-30)13-22(34-2)23(21)17-9-7-15(8-10-17)11-20(26(32)35-3)29-25(31)24-18(27)5-4-6-19(24)28/h4-10,12-13,20,30H,11,14H2,1-3H3,(H,29,31)/t20-/m0/s1. The number of aliphatic hydroxyl groups is 1. The molecule has 1 amide bonds. The van der Waals surface area contributed by atoms with E-state index < -0.39 is 17.9 Å². The summed E-state index contributed by atoms with van der Waals surface area (Å²) in [6.45, 7) is -0.147. The number of halogens is 2. The number of ether oxygens (including phenoxy) is 3. The van der Waals surface area contributed by atoms with Gasteiger partial charge < -0.3 is 24.6 Å². The Morgan fingerprint density at radius 3 is 1.97 bits per heavy atom. The number of carbonyl (C=O) groups excluding carboxylic acids is 2. The zero-order valence-corrected chi connectivity index (χ0v) is 20.9. The maximum Gasteiger partial charge on any atom is 0.328 e. The third kappa shape index (κ3) is 6.06. The molecule has 0 aliphatic heterocycles. The number of methoxy groups -OCH3 is 3. The van der Waals surface area contributed by atoms with Gasteiger partial charge in [0.2, 0.25) is 0 Å². The first-order chi connectivity index (χ1) is 16.8. The number of nitrogens with one attached hydrogen (secondary N) is 1. The number of carbonyl (C=O) groups is 2. The van der Waals surface area contributed by atoms with E-state index in [0.29, 0.717) is 17.1 Å². The van der Waals surface area contributed by atoms with Crippen molar-refractivity contribution in [3.63, 3.8) is 0 Å². The smallest absolute Gasteiger partial charge is 0.328 e. The highest BCUT2D eigenvalue weighted by Gasteiger charge is 2.25. The van der Waals surface area contributed by atoms with Gasteiger partial charge in [-0.05, 0) is 41.0 Å². The lowest BCUT2D eigenvalue weighted by atomic mass is 9.98. The number of esters is 1. The van der Waals surface area contributed by atoms with Gasteiger partial charge >= 0.3 is 5.97 Å². The van der Waals surface area contributed by atoms with Gasteiger partial charge in [0.15, 0.2) is 0 Å². The van der Waals surface area contributed by atoms with Gasteiger partial charge in [0.05, 0.1) is 49.1 Å². The Morgan fingerprint density at radius 2 is 1.49 bits per heavy atom. The van der Waals surface area contributed by atoms with E-state index in [9.17, 15) is 14.7 Å². The molecule has 1 atom stereocenters. The normalized spacial score (nSPS) is 11.5. The molecule has 0 saturated carbocycles. The first-order valence-electron chi connectivity index (χ1n) is 10.6. The second-order valence-corrected chi connectivity index (χ2v) is 8.39. The predicted molar refractivity (Wildman–Crippen MR) is 134 cm³/mol. The number of amides is 1. The van der Waals surface area contributed by atoms with Crippen LogP contribution in [-0.4, -0.2) is 44.4 Å². The Bertz CT molecular complexity index is 1170. The van der Waals surface area contributed by atoms with Gasteiger partial charge in [-0.15, -0.1) is 0 Å². The van der Waals surface area contributed by atoms with Crippen molar-refractivity contribution < 1.29 is 28.9 Å². The summed E-state index contributed by atoms with van der Waals surface area (Å²) >= 11 is 12.3. The van der Waals surface area contributed by atoms with Gasteiger partial charge in [-0.25, -0.2) is 4.79 Å². The van der Waals surface area contributed by atoms with E-state index in [1.807, 2.05) is 24.3 Å². The van der Waals surface area contributed by atoms with Crippen molar-refractivity contribution in [3.8, 4) is 22.6 Å². The molecular weight excluding hydrogens is 493 g/mol. The van der Waals surface area contributed by atoms with Gasteiger partial charge in [-0.1, -0.05) is 53.5 Å². The summed E-state index contributed by atoms with van der Waals surface area (Å²) < 4.78 is 15.9. The Balaban J connectivity index is 1.87. The molecule has 3 aromatic rings. The minimum Gasteiger partial charge on any atom is -0.496 e.